The fraction of sp³-hybridized carbons (Fsp3) is 0.364. The average molecular weight is 325 g/mol. The molecule has 6 heteroatoms. The molecule has 0 bridgehead atoms. The standard InChI is InChI=1S/C11H14BrNO3.ClH/c1-15-7-3-4-9(12)8(5-7)10(13)6-11(14)16-2;/h3-5,10H,6,13H2,1-2H3;1H/t10-;/m1./s1. The maximum Gasteiger partial charge on any atom is 0.307 e. The molecule has 17 heavy (non-hydrogen) atoms. The van der Waals surface area contributed by atoms with Crippen molar-refractivity contribution in [3.63, 3.8) is 0 Å². The first-order valence-corrected chi connectivity index (χ1v) is 5.53. The molecule has 0 aliphatic heterocycles. The van der Waals surface area contributed by atoms with Gasteiger partial charge in [-0.3, -0.25) is 4.79 Å². The van der Waals surface area contributed by atoms with Crippen LogP contribution in [0.5, 0.6) is 5.75 Å². The maximum absolute atomic E-state index is 11.1. The van der Waals surface area contributed by atoms with Gasteiger partial charge in [-0.05, 0) is 23.8 Å². The van der Waals surface area contributed by atoms with E-state index in [0.717, 1.165) is 10.0 Å². The summed E-state index contributed by atoms with van der Waals surface area (Å²) in [6.45, 7) is 0. The van der Waals surface area contributed by atoms with Gasteiger partial charge in [0.15, 0.2) is 0 Å². The number of carbonyl (C=O) groups is 1. The maximum atomic E-state index is 11.1. The van der Waals surface area contributed by atoms with Crippen molar-refractivity contribution in [2.75, 3.05) is 14.2 Å². The van der Waals surface area contributed by atoms with E-state index in [2.05, 4.69) is 20.7 Å². The Morgan fingerprint density at radius 1 is 1.47 bits per heavy atom. The molecule has 1 rings (SSSR count). The lowest BCUT2D eigenvalue weighted by Gasteiger charge is -2.13. The third-order valence-electron chi connectivity index (χ3n) is 2.22. The van der Waals surface area contributed by atoms with Gasteiger partial charge in [-0.25, -0.2) is 0 Å². The van der Waals surface area contributed by atoms with E-state index in [4.69, 9.17) is 10.5 Å². The third kappa shape index (κ3) is 4.53. The second-order valence-electron chi connectivity index (χ2n) is 3.27. The van der Waals surface area contributed by atoms with Gasteiger partial charge in [0.25, 0.3) is 0 Å². The molecule has 0 amide bonds. The number of ether oxygens (including phenoxy) is 2. The zero-order valence-electron chi connectivity index (χ0n) is 9.60. The van der Waals surface area contributed by atoms with Gasteiger partial charge in [-0.1, -0.05) is 15.9 Å². The summed E-state index contributed by atoms with van der Waals surface area (Å²) in [7, 11) is 2.93. The minimum absolute atomic E-state index is 0. The number of carbonyl (C=O) groups excluding carboxylic acids is 1. The quantitative estimate of drug-likeness (QED) is 0.864. The number of esters is 1. The summed E-state index contributed by atoms with van der Waals surface area (Å²) in [6.07, 6.45) is 0.141. The molecule has 0 radical (unpaired) electrons. The first-order chi connectivity index (χ1) is 7.58. The second-order valence-corrected chi connectivity index (χ2v) is 4.13. The minimum Gasteiger partial charge on any atom is -0.497 e. The molecule has 0 fully saturated rings. The SMILES string of the molecule is COC(=O)C[C@@H](N)c1cc(OC)ccc1Br.Cl. The number of benzene rings is 1. The van der Waals surface area contributed by atoms with Crippen molar-refractivity contribution >= 4 is 34.3 Å². The van der Waals surface area contributed by atoms with Crippen molar-refractivity contribution in [2.45, 2.75) is 12.5 Å². The molecule has 0 saturated carbocycles. The van der Waals surface area contributed by atoms with Crippen LogP contribution in [0, 0.1) is 0 Å². The highest BCUT2D eigenvalue weighted by molar-refractivity contribution is 9.10. The van der Waals surface area contributed by atoms with E-state index in [1.807, 2.05) is 12.1 Å². The minimum atomic E-state index is -0.406. The van der Waals surface area contributed by atoms with E-state index in [9.17, 15) is 4.79 Å². The van der Waals surface area contributed by atoms with E-state index in [1.165, 1.54) is 7.11 Å². The second kappa shape index (κ2) is 7.53. The summed E-state index contributed by atoms with van der Waals surface area (Å²) in [6, 6.07) is 5.05. The van der Waals surface area contributed by atoms with E-state index in [-0.39, 0.29) is 24.8 Å². The molecule has 0 aliphatic rings. The fourth-order valence-electron chi connectivity index (χ4n) is 1.31. The summed E-state index contributed by atoms with van der Waals surface area (Å²) in [5.41, 5.74) is 6.73. The molecular formula is C11H15BrClNO3. The van der Waals surface area contributed by atoms with Crippen LogP contribution in [-0.2, 0) is 9.53 Å². The van der Waals surface area contributed by atoms with Crippen LogP contribution >= 0.6 is 28.3 Å². The Labute approximate surface area is 115 Å². The molecule has 4 nitrogen and oxygen atoms in total. The average Bonchev–Trinajstić information content (AvgIpc) is 2.29. The van der Waals surface area contributed by atoms with Crippen LogP contribution in [0.2, 0.25) is 0 Å². The number of hydrogen-bond donors (Lipinski definition) is 1. The van der Waals surface area contributed by atoms with Gasteiger partial charge in [0.2, 0.25) is 0 Å². The number of rotatable bonds is 4. The molecule has 0 heterocycles. The predicted octanol–water partition coefficient (Wildman–Crippen LogP) is 2.44. The Kier molecular flexibility index (Phi) is 7.18. The zero-order chi connectivity index (χ0) is 12.1. The molecule has 0 aliphatic carbocycles. The summed E-state index contributed by atoms with van der Waals surface area (Å²) >= 11 is 3.38. The molecule has 96 valence electrons. The highest BCUT2D eigenvalue weighted by Gasteiger charge is 2.15. The zero-order valence-corrected chi connectivity index (χ0v) is 12.0. The van der Waals surface area contributed by atoms with E-state index in [1.54, 1.807) is 13.2 Å². The van der Waals surface area contributed by atoms with Crippen molar-refractivity contribution in [2.24, 2.45) is 5.73 Å². The van der Waals surface area contributed by atoms with Crippen molar-refractivity contribution in [3.8, 4) is 5.75 Å². The molecule has 0 saturated heterocycles. The molecular weight excluding hydrogens is 309 g/mol. The lowest BCUT2D eigenvalue weighted by Crippen LogP contribution is -2.16. The number of hydrogen-bond acceptors (Lipinski definition) is 4. The molecule has 1 aromatic rings. The number of halogens is 2. The van der Waals surface area contributed by atoms with Crippen molar-refractivity contribution in [3.05, 3.63) is 28.2 Å². The summed E-state index contributed by atoms with van der Waals surface area (Å²) in [5.74, 6) is 0.376. The van der Waals surface area contributed by atoms with Gasteiger partial charge in [0, 0.05) is 10.5 Å². The topological polar surface area (TPSA) is 61.5 Å². The Hall–Kier alpha value is -0.780. The van der Waals surface area contributed by atoms with E-state index >= 15 is 0 Å². The van der Waals surface area contributed by atoms with Crippen molar-refractivity contribution in [1.82, 2.24) is 0 Å². The van der Waals surface area contributed by atoms with Gasteiger partial charge in [0.1, 0.15) is 5.75 Å². The Bertz CT molecular complexity index is 387. The van der Waals surface area contributed by atoms with Crippen molar-refractivity contribution < 1.29 is 14.3 Å². The van der Waals surface area contributed by atoms with Gasteiger partial charge >= 0.3 is 5.97 Å². The lowest BCUT2D eigenvalue weighted by molar-refractivity contribution is -0.141. The molecule has 0 aromatic heterocycles. The monoisotopic (exact) mass is 323 g/mol. The lowest BCUT2D eigenvalue weighted by atomic mass is 10.0. The number of nitrogens with two attached hydrogens (primary N) is 1. The van der Waals surface area contributed by atoms with Crippen LogP contribution in [0.4, 0.5) is 0 Å². The highest BCUT2D eigenvalue weighted by atomic mass is 79.9. The van der Waals surface area contributed by atoms with Gasteiger partial charge in [-0.15, -0.1) is 12.4 Å². The smallest absolute Gasteiger partial charge is 0.307 e. The summed E-state index contributed by atoms with van der Waals surface area (Å²) < 4.78 is 10.5. The van der Waals surface area contributed by atoms with Crippen LogP contribution in [0.15, 0.2) is 22.7 Å². The highest BCUT2D eigenvalue weighted by Crippen LogP contribution is 2.28. The van der Waals surface area contributed by atoms with Crippen LogP contribution in [0.3, 0.4) is 0 Å². The van der Waals surface area contributed by atoms with Gasteiger partial charge < -0.3 is 15.2 Å². The summed E-state index contributed by atoms with van der Waals surface area (Å²) in [4.78, 5) is 11.1. The normalized spacial score (nSPS) is 11.3. The molecule has 0 spiro atoms. The fourth-order valence-corrected chi connectivity index (χ4v) is 1.85. The Morgan fingerprint density at radius 2 is 2.12 bits per heavy atom. The van der Waals surface area contributed by atoms with Gasteiger partial charge in [-0.2, -0.15) is 0 Å². The predicted molar refractivity (Wildman–Crippen MR) is 71.5 cm³/mol. The number of methoxy groups -OCH3 is 2. The Balaban J connectivity index is 0.00000256. The van der Waals surface area contributed by atoms with Crippen molar-refractivity contribution in [1.29, 1.82) is 0 Å². The first-order valence-electron chi connectivity index (χ1n) is 4.74. The van der Waals surface area contributed by atoms with Crippen LogP contribution in [0.25, 0.3) is 0 Å². The van der Waals surface area contributed by atoms with Crippen LogP contribution in [-0.4, -0.2) is 20.2 Å². The molecule has 0 unspecified atom stereocenters. The largest absolute Gasteiger partial charge is 0.497 e. The molecule has 1 atom stereocenters. The molecule has 1 aromatic carbocycles. The summed E-state index contributed by atoms with van der Waals surface area (Å²) in [5, 5.41) is 0. The Morgan fingerprint density at radius 3 is 2.65 bits per heavy atom. The van der Waals surface area contributed by atoms with E-state index in [0.29, 0.717) is 5.75 Å². The third-order valence-corrected chi connectivity index (χ3v) is 2.94. The molecule has 2 N–H and O–H groups in total. The van der Waals surface area contributed by atoms with E-state index < -0.39 is 6.04 Å². The van der Waals surface area contributed by atoms with Gasteiger partial charge in [0.05, 0.1) is 20.6 Å². The van der Waals surface area contributed by atoms with Crippen LogP contribution < -0.4 is 10.5 Å². The first kappa shape index (κ1) is 16.2. The van der Waals surface area contributed by atoms with Crippen LogP contribution in [0.1, 0.15) is 18.0 Å².